The SMILES string of the molecule is O=C(O)C1CC2CCC1N2C(=O)NCCCOCC1CC1. The molecule has 2 aliphatic heterocycles. The highest BCUT2D eigenvalue weighted by atomic mass is 16.5. The molecule has 6 nitrogen and oxygen atoms in total. The number of carbonyl (C=O) groups is 2. The summed E-state index contributed by atoms with van der Waals surface area (Å²) >= 11 is 0. The van der Waals surface area contributed by atoms with E-state index in [1.54, 1.807) is 4.90 Å². The van der Waals surface area contributed by atoms with Gasteiger partial charge in [-0.1, -0.05) is 0 Å². The Kier molecular flexibility index (Phi) is 4.33. The van der Waals surface area contributed by atoms with Crippen molar-refractivity contribution in [1.29, 1.82) is 0 Å². The molecule has 3 rings (SSSR count). The van der Waals surface area contributed by atoms with E-state index in [0.29, 0.717) is 19.6 Å². The van der Waals surface area contributed by atoms with Gasteiger partial charge in [-0.15, -0.1) is 0 Å². The molecule has 0 aromatic carbocycles. The summed E-state index contributed by atoms with van der Waals surface area (Å²) in [5.41, 5.74) is 0. The van der Waals surface area contributed by atoms with E-state index in [4.69, 9.17) is 4.74 Å². The van der Waals surface area contributed by atoms with E-state index in [-0.39, 0.29) is 24.0 Å². The minimum absolute atomic E-state index is 0.103. The molecule has 3 unspecified atom stereocenters. The monoisotopic (exact) mass is 296 g/mol. The van der Waals surface area contributed by atoms with Crippen LogP contribution in [-0.4, -0.2) is 53.8 Å². The van der Waals surface area contributed by atoms with Gasteiger partial charge in [-0.2, -0.15) is 0 Å². The summed E-state index contributed by atoms with van der Waals surface area (Å²) in [4.78, 5) is 25.2. The molecule has 118 valence electrons. The predicted molar refractivity (Wildman–Crippen MR) is 76.0 cm³/mol. The van der Waals surface area contributed by atoms with Crippen LogP contribution in [0.25, 0.3) is 0 Å². The maximum atomic E-state index is 12.2. The Bertz CT molecular complexity index is 410. The number of carboxylic acid groups (broad SMARTS) is 1. The molecule has 0 radical (unpaired) electrons. The topological polar surface area (TPSA) is 78.9 Å². The van der Waals surface area contributed by atoms with E-state index in [1.165, 1.54) is 12.8 Å². The van der Waals surface area contributed by atoms with Gasteiger partial charge in [0, 0.05) is 31.8 Å². The molecule has 1 aliphatic carbocycles. The first-order valence-corrected chi connectivity index (χ1v) is 8.03. The molecule has 6 heteroatoms. The molecular formula is C15H24N2O4. The summed E-state index contributed by atoms with van der Waals surface area (Å²) in [5, 5.41) is 12.1. The molecule has 21 heavy (non-hydrogen) atoms. The highest BCUT2D eigenvalue weighted by Gasteiger charge is 2.51. The molecule has 3 fully saturated rings. The number of rotatable bonds is 7. The summed E-state index contributed by atoms with van der Waals surface area (Å²) in [5.74, 6) is -0.377. The van der Waals surface area contributed by atoms with Gasteiger partial charge in [0.05, 0.1) is 5.92 Å². The number of urea groups is 1. The number of ether oxygens (including phenoxy) is 1. The molecule has 2 saturated heterocycles. The van der Waals surface area contributed by atoms with Gasteiger partial charge in [0.25, 0.3) is 0 Å². The van der Waals surface area contributed by atoms with E-state index >= 15 is 0 Å². The van der Waals surface area contributed by atoms with E-state index in [9.17, 15) is 14.7 Å². The van der Waals surface area contributed by atoms with Crippen LogP contribution in [0.15, 0.2) is 0 Å². The van der Waals surface area contributed by atoms with Gasteiger partial charge >= 0.3 is 12.0 Å². The van der Waals surface area contributed by atoms with Crippen molar-refractivity contribution in [3.63, 3.8) is 0 Å². The zero-order chi connectivity index (χ0) is 14.8. The fourth-order valence-electron chi connectivity index (χ4n) is 3.57. The Hall–Kier alpha value is -1.30. The number of carbonyl (C=O) groups excluding carboxylic acids is 1. The third kappa shape index (κ3) is 3.31. The van der Waals surface area contributed by atoms with Gasteiger partial charge in [0.15, 0.2) is 0 Å². The van der Waals surface area contributed by atoms with Crippen LogP contribution >= 0.6 is 0 Å². The second kappa shape index (κ2) is 6.22. The van der Waals surface area contributed by atoms with Crippen molar-refractivity contribution < 1.29 is 19.4 Å². The maximum absolute atomic E-state index is 12.2. The summed E-state index contributed by atoms with van der Waals surface area (Å²) < 4.78 is 5.53. The summed E-state index contributed by atoms with van der Waals surface area (Å²) in [7, 11) is 0. The van der Waals surface area contributed by atoms with Crippen molar-refractivity contribution in [3.05, 3.63) is 0 Å². The number of nitrogens with one attached hydrogen (secondary N) is 1. The van der Waals surface area contributed by atoms with Crippen LogP contribution in [0.5, 0.6) is 0 Å². The molecule has 3 atom stereocenters. The van der Waals surface area contributed by atoms with E-state index in [2.05, 4.69) is 5.32 Å². The predicted octanol–water partition coefficient (Wildman–Crippen LogP) is 1.45. The number of hydrogen-bond donors (Lipinski definition) is 2. The van der Waals surface area contributed by atoms with Crippen LogP contribution in [0.2, 0.25) is 0 Å². The van der Waals surface area contributed by atoms with Crippen LogP contribution in [-0.2, 0) is 9.53 Å². The van der Waals surface area contributed by atoms with Crippen molar-refractivity contribution in [1.82, 2.24) is 10.2 Å². The minimum atomic E-state index is -0.770. The lowest BCUT2D eigenvalue weighted by atomic mass is 9.89. The van der Waals surface area contributed by atoms with Crippen LogP contribution in [0, 0.1) is 11.8 Å². The normalized spacial score (nSPS) is 30.7. The average molecular weight is 296 g/mol. The summed E-state index contributed by atoms with van der Waals surface area (Å²) in [6.45, 7) is 2.13. The Morgan fingerprint density at radius 3 is 2.71 bits per heavy atom. The second-order valence-electron chi connectivity index (χ2n) is 6.49. The van der Waals surface area contributed by atoms with Crippen molar-refractivity contribution in [2.75, 3.05) is 19.8 Å². The van der Waals surface area contributed by atoms with Crippen molar-refractivity contribution >= 4 is 12.0 Å². The van der Waals surface area contributed by atoms with Gasteiger partial charge in [0.2, 0.25) is 0 Å². The fraction of sp³-hybridized carbons (Fsp3) is 0.867. The number of aliphatic carboxylic acids is 1. The third-order valence-corrected chi connectivity index (χ3v) is 4.88. The number of carboxylic acids is 1. The van der Waals surface area contributed by atoms with Crippen molar-refractivity contribution in [3.8, 4) is 0 Å². The average Bonchev–Trinajstić information content (AvgIpc) is 3.10. The number of nitrogens with zero attached hydrogens (tertiary/aromatic N) is 1. The first-order chi connectivity index (χ1) is 10.2. The first-order valence-electron chi connectivity index (χ1n) is 8.03. The Morgan fingerprint density at radius 2 is 2.05 bits per heavy atom. The van der Waals surface area contributed by atoms with E-state index < -0.39 is 5.97 Å². The first kappa shape index (κ1) is 14.6. The lowest BCUT2D eigenvalue weighted by Gasteiger charge is -2.23. The zero-order valence-corrected chi connectivity index (χ0v) is 12.3. The van der Waals surface area contributed by atoms with Crippen molar-refractivity contribution in [2.24, 2.45) is 11.8 Å². The van der Waals surface area contributed by atoms with Crippen molar-refractivity contribution in [2.45, 2.75) is 50.6 Å². The van der Waals surface area contributed by atoms with Gasteiger partial charge in [-0.3, -0.25) is 4.79 Å². The van der Waals surface area contributed by atoms with Gasteiger partial charge in [-0.25, -0.2) is 4.79 Å². The molecule has 2 amide bonds. The molecule has 2 bridgehead atoms. The van der Waals surface area contributed by atoms with Crippen LogP contribution < -0.4 is 5.32 Å². The fourth-order valence-corrected chi connectivity index (χ4v) is 3.57. The molecule has 1 saturated carbocycles. The Balaban J connectivity index is 1.36. The zero-order valence-electron chi connectivity index (χ0n) is 12.3. The van der Waals surface area contributed by atoms with E-state index in [0.717, 1.165) is 31.8 Å². The molecule has 0 aromatic rings. The summed E-state index contributed by atoms with van der Waals surface area (Å²) in [6, 6.07) is -0.103. The highest BCUT2D eigenvalue weighted by molar-refractivity contribution is 5.79. The largest absolute Gasteiger partial charge is 0.481 e. The Morgan fingerprint density at radius 1 is 1.24 bits per heavy atom. The second-order valence-corrected chi connectivity index (χ2v) is 6.49. The number of fused-ring (bicyclic) bond motifs is 2. The molecule has 2 N–H and O–H groups in total. The van der Waals surface area contributed by atoms with E-state index in [1.807, 2.05) is 0 Å². The lowest BCUT2D eigenvalue weighted by molar-refractivity contribution is -0.142. The minimum Gasteiger partial charge on any atom is -0.481 e. The lowest BCUT2D eigenvalue weighted by Crippen LogP contribution is -2.44. The van der Waals surface area contributed by atoms with Crippen LogP contribution in [0.1, 0.15) is 38.5 Å². The van der Waals surface area contributed by atoms with Gasteiger partial charge < -0.3 is 20.1 Å². The number of hydrogen-bond acceptors (Lipinski definition) is 3. The van der Waals surface area contributed by atoms with Crippen LogP contribution in [0.3, 0.4) is 0 Å². The van der Waals surface area contributed by atoms with Crippen LogP contribution in [0.4, 0.5) is 4.79 Å². The smallest absolute Gasteiger partial charge is 0.317 e. The summed E-state index contributed by atoms with van der Waals surface area (Å²) in [6.07, 6.45) is 5.76. The highest BCUT2D eigenvalue weighted by Crippen LogP contribution is 2.41. The molecular weight excluding hydrogens is 272 g/mol. The molecule has 2 heterocycles. The number of amides is 2. The quantitative estimate of drug-likeness (QED) is 0.697. The Labute approximate surface area is 124 Å². The standard InChI is InChI=1S/C15H24N2O4/c18-14(19)12-8-11-4-5-13(12)17(11)15(20)16-6-1-7-21-9-10-2-3-10/h10-13H,1-9H2,(H,16,20)(H,18,19). The third-order valence-electron chi connectivity index (χ3n) is 4.88. The van der Waals surface area contributed by atoms with Gasteiger partial charge in [0.1, 0.15) is 0 Å². The molecule has 0 spiro atoms. The molecule has 3 aliphatic rings. The molecule has 0 aromatic heterocycles. The van der Waals surface area contributed by atoms with Gasteiger partial charge in [-0.05, 0) is 44.4 Å². The maximum Gasteiger partial charge on any atom is 0.317 e.